The summed E-state index contributed by atoms with van der Waals surface area (Å²) in [6, 6.07) is 8.99. The van der Waals surface area contributed by atoms with E-state index in [9.17, 15) is 4.79 Å². The van der Waals surface area contributed by atoms with Crippen LogP contribution in [0.1, 0.15) is 20.3 Å². The SMILES string of the molecule is CCC(C)NC(=O)Nc1cccc(-c2noc(-c3cncc(Br)c3)n2)c1. The average molecular weight is 416 g/mol. The van der Waals surface area contributed by atoms with E-state index >= 15 is 0 Å². The number of urea groups is 1. The molecular weight excluding hydrogens is 398 g/mol. The highest BCUT2D eigenvalue weighted by molar-refractivity contribution is 9.10. The molecule has 0 aliphatic heterocycles. The van der Waals surface area contributed by atoms with Crippen molar-refractivity contribution in [1.82, 2.24) is 20.4 Å². The summed E-state index contributed by atoms with van der Waals surface area (Å²) in [5.41, 5.74) is 2.11. The van der Waals surface area contributed by atoms with Crippen LogP contribution in [0.15, 0.2) is 51.7 Å². The van der Waals surface area contributed by atoms with E-state index in [-0.39, 0.29) is 12.1 Å². The molecule has 7 nitrogen and oxygen atoms in total. The predicted molar refractivity (Wildman–Crippen MR) is 103 cm³/mol. The highest BCUT2D eigenvalue weighted by Crippen LogP contribution is 2.25. The first-order chi connectivity index (χ1) is 12.5. The number of nitrogens with one attached hydrogen (secondary N) is 2. The summed E-state index contributed by atoms with van der Waals surface area (Å²) in [5.74, 6) is 0.813. The molecule has 0 radical (unpaired) electrons. The molecule has 1 aromatic carbocycles. The molecule has 0 bridgehead atoms. The smallest absolute Gasteiger partial charge is 0.319 e. The number of anilines is 1. The minimum Gasteiger partial charge on any atom is -0.335 e. The number of pyridine rings is 1. The van der Waals surface area contributed by atoms with Crippen LogP contribution in [-0.4, -0.2) is 27.2 Å². The number of benzene rings is 1. The van der Waals surface area contributed by atoms with Crippen LogP contribution in [0.3, 0.4) is 0 Å². The van der Waals surface area contributed by atoms with Crippen LogP contribution < -0.4 is 10.6 Å². The number of hydrogen-bond donors (Lipinski definition) is 2. The summed E-state index contributed by atoms with van der Waals surface area (Å²) in [7, 11) is 0. The van der Waals surface area contributed by atoms with Gasteiger partial charge in [-0.05, 0) is 47.5 Å². The molecule has 0 fully saturated rings. The molecule has 26 heavy (non-hydrogen) atoms. The third-order valence-corrected chi connectivity index (χ3v) is 4.18. The fourth-order valence-electron chi connectivity index (χ4n) is 2.22. The molecule has 2 aromatic heterocycles. The molecule has 0 spiro atoms. The number of amides is 2. The Balaban J connectivity index is 1.77. The number of carbonyl (C=O) groups excluding carboxylic acids is 1. The minimum absolute atomic E-state index is 0.108. The van der Waals surface area contributed by atoms with Gasteiger partial charge in [0, 0.05) is 34.2 Å². The second-order valence-electron chi connectivity index (χ2n) is 5.80. The Morgan fingerprint density at radius 3 is 2.88 bits per heavy atom. The lowest BCUT2D eigenvalue weighted by atomic mass is 10.2. The monoisotopic (exact) mass is 415 g/mol. The van der Waals surface area contributed by atoms with Gasteiger partial charge in [-0.15, -0.1) is 0 Å². The highest BCUT2D eigenvalue weighted by Gasteiger charge is 2.12. The first-order valence-corrected chi connectivity index (χ1v) is 8.97. The summed E-state index contributed by atoms with van der Waals surface area (Å²) in [5, 5.41) is 9.68. The van der Waals surface area contributed by atoms with E-state index in [1.54, 1.807) is 24.5 Å². The summed E-state index contributed by atoms with van der Waals surface area (Å²) in [6.45, 7) is 3.97. The fraction of sp³-hybridized carbons (Fsp3) is 0.222. The molecule has 1 atom stereocenters. The van der Waals surface area contributed by atoms with Crippen molar-refractivity contribution in [3.05, 3.63) is 47.2 Å². The largest absolute Gasteiger partial charge is 0.335 e. The number of rotatable bonds is 5. The number of hydrogen-bond acceptors (Lipinski definition) is 5. The zero-order valence-corrected chi connectivity index (χ0v) is 15.9. The van der Waals surface area contributed by atoms with E-state index in [1.165, 1.54) is 0 Å². The quantitative estimate of drug-likeness (QED) is 0.640. The molecule has 1 unspecified atom stereocenters. The van der Waals surface area contributed by atoms with Crippen LogP contribution in [0, 0.1) is 0 Å². The van der Waals surface area contributed by atoms with Gasteiger partial charge in [0.25, 0.3) is 5.89 Å². The summed E-state index contributed by atoms with van der Waals surface area (Å²) in [6.07, 6.45) is 4.20. The number of aromatic nitrogens is 3. The van der Waals surface area contributed by atoms with Crippen molar-refractivity contribution in [1.29, 1.82) is 0 Å². The number of nitrogens with zero attached hydrogens (tertiary/aromatic N) is 3. The van der Waals surface area contributed by atoms with Crippen molar-refractivity contribution >= 4 is 27.6 Å². The summed E-state index contributed by atoms with van der Waals surface area (Å²) < 4.78 is 6.15. The van der Waals surface area contributed by atoms with E-state index in [1.807, 2.05) is 32.0 Å². The van der Waals surface area contributed by atoms with Gasteiger partial charge in [0.15, 0.2) is 0 Å². The van der Waals surface area contributed by atoms with Crippen LogP contribution in [0.25, 0.3) is 22.8 Å². The molecule has 2 heterocycles. The number of carbonyl (C=O) groups is 1. The van der Waals surface area contributed by atoms with Crippen molar-refractivity contribution in [3.63, 3.8) is 0 Å². The predicted octanol–water partition coefficient (Wildman–Crippen LogP) is 4.48. The summed E-state index contributed by atoms with van der Waals surface area (Å²) in [4.78, 5) is 20.5. The zero-order valence-electron chi connectivity index (χ0n) is 14.4. The van der Waals surface area contributed by atoms with E-state index in [0.717, 1.165) is 22.0 Å². The van der Waals surface area contributed by atoms with Gasteiger partial charge in [-0.2, -0.15) is 4.98 Å². The van der Waals surface area contributed by atoms with Crippen molar-refractivity contribution in [2.45, 2.75) is 26.3 Å². The Labute approximate surface area is 159 Å². The average Bonchev–Trinajstić information content (AvgIpc) is 3.12. The van der Waals surface area contributed by atoms with Crippen molar-refractivity contribution in [3.8, 4) is 22.8 Å². The second-order valence-corrected chi connectivity index (χ2v) is 6.72. The molecule has 3 rings (SSSR count). The van der Waals surface area contributed by atoms with Crippen molar-refractivity contribution < 1.29 is 9.32 Å². The molecule has 0 saturated carbocycles. The highest BCUT2D eigenvalue weighted by atomic mass is 79.9. The summed E-state index contributed by atoms with van der Waals surface area (Å²) >= 11 is 3.37. The first-order valence-electron chi connectivity index (χ1n) is 8.17. The zero-order chi connectivity index (χ0) is 18.5. The second kappa shape index (κ2) is 8.09. The standard InChI is InChI=1S/C18H18BrN5O2/c1-3-11(2)21-18(25)22-15-6-4-5-12(8-15)16-23-17(26-24-16)13-7-14(19)10-20-9-13/h4-11H,3H2,1-2H3,(H2,21,22,25). The molecule has 3 aromatic rings. The van der Waals surface area contributed by atoms with Gasteiger partial charge in [-0.25, -0.2) is 4.79 Å². The lowest BCUT2D eigenvalue weighted by Gasteiger charge is -2.12. The van der Waals surface area contributed by atoms with Gasteiger partial charge in [0.1, 0.15) is 0 Å². The molecule has 0 saturated heterocycles. The maximum Gasteiger partial charge on any atom is 0.319 e. The minimum atomic E-state index is -0.245. The van der Waals surface area contributed by atoms with Crippen LogP contribution in [0.2, 0.25) is 0 Å². The molecule has 2 amide bonds. The van der Waals surface area contributed by atoms with E-state index < -0.39 is 0 Å². The molecular formula is C18H18BrN5O2. The van der Waals surface area contributed by atoms with Gasteiger partial charge in [0.05, 0.1) is 5.56 Å². The van der Waals surface area contributed by atoms with Crippen LogP contribution >= 0.6 is 15.9 Å². The third-order valence-electron chi connectivity index (χ3n) is 3.75. The topological polar surface area (TPSA) is 92.9 Å². The maximum absolute atomic E-state index is 12.0. The lowest BCUT2D eigenvalue weighted by Crippen LogP contribution is -2.35. The van der Waals surface area contributed by atoms with Gasteiger partial charge in [-0.1, -0.05) is 24.2 Å². The van der Waals surface area contributed by atoms with E-state index in [2.05, 4.69) is 41.7 Å². The van der Waals surface area contributed by atoms with Gasteiger partial charge in [0.2, 0.25) is 5.82 Å². The Morgan fingerprint density at radius 2 is 2.12 bits per heavy atom. The van der Waals surface area contributed by atoms with Gasteiger partial charge >= 0.3 is 6.03 Å². The van der Waals surface area contributed by atoms with Crippen LogP contribution in [0.4, 0.5) is 10.5 Å². The third kappa shape index (κ3) is 4.45. The van der Waals surface area contributed by atoms with Gasteiger partial charge in [-0.3, -0.25) is 4.98 Å². The van der Waals surface area contributed by atoms with Crippen LogP contribution in [0.5, 0.6) is 0 Å². The van der Waals surface area contributed by atoms with Crippen molar-refractivity contribution in [2.24, 2.45) is 0 Å². The Kier molecular flexibility index (Phi) is 5.62. The lowest BCUT2D eigenvalue weighted by molar-refractivity contribution is 0.249. The normalized spacial score (nSPS) is 11.8. The van der Waals surface area contributed by atoms with Crippen molar-refractivity contribution in [2.75, 3.05) is 5.32 Å². The van der Waals surface area contributed by atoms with Gasteiger partial charge < -0.3 is 15.2 Å². The molecule has 0 aliphatic carbocycles. The number of halogens is 1. The Hall–Kier alpha value is -2.74. The molecule has 134 valence electrons. The van der Waals surface area contributed by atoms with E-state index in [4.69, 9.17) is 4.52 Å². The first kappa shape index (κ1) is 18.1. The molecule has 8 heteroatoms. The Bertz CT molecular complexity index is 912. The molecule has 0 aliphatic rings. The van der Waals surface area contributed by atoms with E-state index in [0.29, 0.717) is 17.4 Å². The van der Waals surface area contributed by atoms with Crippen LogP contribution in [-0.2, 0) is 0 Å². The molecule has 2 N–H and O–H groups in total. The fourth-order valence-corrected chi connectivity index (χ4v) is 2.58. The maximum atomic E-state index is 12.0. The Morgan fingerprint density at radius 1 is 1.27 bits per heavy atom.